The summed E-state index contributed by atoms with van der Waals surface area (Å²) >= 11 is 0. The molecular weight excluding hydrogens is 332 g/mol. The second kappa shape index (κ2) is 7.86. The summed E-state index contributed by atoms with van der Waals surface area (Å²) < 4.78 is 0. The first-order valence-corrected chi connectivity index (χ1v) is 8.63. The Bertz CT molecular complexity index is 788. The molecule has 0 bridgehead atoms. The molecule has 136 valence electrons. The van der Waals surface area contributed by atoms with Crippen LogP contribution in [0.3, 0.4) is 0 Å². The second-order valence-corrected chi connectivity index (χ2v) is 6.33. The van der Waals surface area contributed by atoms with E-state index in [1.165, 1.54) is 6.07 Å². The summed E-state index contributed by atoms with van der Waals surface area (Å²) in [5, 5.41) is 14.7. The van der Waals surface area contributed by atoms with Gasteiger partial charge in [-0.2, -0.15) is 0 Å². The van der Waals surface area contributed by atoms with Gasteiger partial charge in [-0.05, 0) is 19.1 Å². The van der Waals surface area contributed by atoms with Gasteiger partial charge >= 0.3 is 0 Å². The van der Waals surface area contributed by atoms with E-state index in [2.05, 4.69) is 10.2 Å². The number of rotatable bonds is 6. The lowest BCUT2D eigenvalue weighted by Gasteiger charge is -2.35. The zero-order valence-corrected chi connectivity index (χ0v) is 14.7. The average molecular weight is 354 g/mol. The number of nitro groups is 1. The molecule has 1 atom stereocenters. The Balaban J connectivity index is 1.81. The number of carbonyl (C=O) groups is 1. The minimum Gasteiger partial charge on any atom is -0.377 e. The lowest BCUT2D eigenvalue weighted by Crippen LogP contribution is -2.45. The Kier molecular flexibility index (Phi) is 5.36. The van der Waals surface area contributed by atoms with Gasteiger partial charge in [-0.25, -0.2) is 0 Å². The maximum absolute atomic E-state index is 11.3. The van der Waals surface area contributed by atoms with Crippen molar-refractivity contribution in [3.63, 3.8) is 0 Å². The number of hydrogen-bond donors (Lipinski definition) is 1. The van der Waals surface area contributed by atoms with Gasteiger partial charge in [-0.3, -0.25) is 14.9 Å². The Morgan fingerprint density at radius 3 is 2.42 bits per heavy atom. The molecule has 26 heavy (non-hydrogen) atoms. The molecule has 2 aromatic carbocycles. The topological polar surface area (TPSA) is 78.7 Å². The third-order valence-electron chi connectivity index (χ3n) is 4.68. The Morgan fingerprint density at radius 2 is 1.73 bits per heavy atom. The molecule has 1 fully saturated rings. The third-order valence-corrected chi connectivity index (χ3v) is 4.68. The summed E-state index contributed by atoms with van der Waals surface area (Å²) in [6.07, 6.45) is 0.887. The van der Waals surface area contributed by atoms with Crippen molar-refractivity contribution in [1.82, 2.24) is 4.90 Å². The summed E-state index contributed by atoms with van der Waals surface area (Å²) in [5.74, 6) is 0. The van der Waals surface area contributed by atoms with Crippen LogP contribution in [-0.2, 0) is 4.79 Å². The first-order chi connectivity index (χ1) is 12.6. The van der Waals surface area contributed by atoms with Gasteiger partial charge in [0.2, 0.25) is 6.41 Å². The smallest absolute Gasteiger partial charge is 0.274 e. The van der Waals surface area contributed by atoms with Crippen LogP contribution in [0.25, 0.3) is 0 Å². The summed E-state index contributed by atoms with van der Waals surface area (Å²) in [5.41, 5.74) is 2.74. The highest BCUT2D eigenvalue weighted by Gasteiger charge is 2.21. The molecule has 3 rings (SSSR count). The highest BCUT2D eigenvalue weighted by molar-refractivity contribution is 5.71. The van der Waals surface area contributed by atoms with Crippen LogP contribution < -0.4 is 10.2 Å². The van der Waals surface area contributed by atoms with Gasteiger partial charge in [-0.15, -0.1) is 0 Å². The number of hydrogen-bond acceptors (Lipinski definition) is 5. The fourth-order valence-electron chi connectivity index (χ4n) is 3.27. The predicted octanol–water partition coefficient (Wildman–Crippen LogP) is 3.05. The van der Waals surface area contributed by atoms with Crippen molar-refractivity contribution in [2.45, 2.75) is 13.0 Å². The van der Waals surface area contributed by atoms with E-state index in [4.69, 9.17) is 0 Å². The number of anilines is 2. The molecule has 1 saturated heterocycles. The van der Waals surface area contributed by atoms with Gasteiger partial charge in [0.15, 0.2) is 0 Å². The average Bonchev–Trinajstić information content (AvgIpc) is 2.68. The zero-order valence-electron chi connectivity index (χ0n) is 14.7. The maximum atomic E-state index is 11.3. The number of piperazine rings is 1. The van der Waals surface area contributed by atoms with Gasteiger partial charge < -0.3 is 15.1 Å². The number of nitrogens with zero attached hydrogens (tertiary/aromatic N) is 3. The molecule has 0 aliphatic carbocycles. The van der Waals surface area contributed by atoms with Crippen molar-refractivity contribution in [3.8, 4) is 0 Å². The fourth-order valence-corrected chi connectivity index (χ4v) is 3.27. The lowest BCUT2D eigenvalue weighted by atomic mass is 10.1. The monoisotopic (exact) mass is 354 g/mol. The highest BCUT2D eigenvalue weighted by Crippen LogP contribution is 2.32. The summed E-state index contributed by atoms with van der Waals surface area (Å²) in [7, 11) is 0. The van der Waals surface area contributed by atoms with Crippen molar-refractivity contribution in [1.29, 1.82) is 0 Å². The maximum Gasteiger partial charge on any atom is 0.274 e. The molecule has 0 spiro atoms. The third kappa shape index (κ3) is 3.77. The van der Waals surface area contributed by atoms with E-state index in [0.29, 0.717) is 18.7 Å². The van der Waals surface area contributed by atoms with Crippen molar-refractivity contribution < 1.29 is 9.72 Å². The Hall–Kier alpha value is -3.09. The zero-order chi connectivity index (χ0) is 18.5. The van der Waals surface area contributed by atoms with E-state index in [-0.39, 0.29) is 16.7 Å². The molecule has 2 aromatic rings. The molecule has 1 N–H and O–H groups in total. The molecule has 7 nitrogen and oxygen atoms in total. The van der Waals surface area contributed by atoms with Crippen molar-refractivity contribution in [2.75, 3.05) is 36.4 Å². The van der Waals surface area contributed by atoms with Crippen LogP contribution in [0.4, 0.5) is 17.1 Å². The molecule has 0 saturated carbocycles. The quantitative estimate of drug-likeness (QED) is 0.490. The Labute approximate surface area is 152 Å². The number of para-hydroxylation sites is 3. The first kappa shape index (κ1) is 17.7. The molecule has 1 aliphatic heterocycles. The SMILES string of the molecule is CC(Nc1ccccc1N1CCN(C=O)CC1)c1ccccc1[N+](=O)[O-]. The van der Waals surface area contributed by atoms with E-state index in [0.717, 1.165) is 30.9 Å². The van der Waals surface area contributed by atoms with E-state index < -0.39 is 0 Å². The number of carbonyl (C=O) groups excluding carboxylic acids is 1. The summed E-state index contributed by atoms with van der Waals surface area (Å²) in [4.78, 5) is 25.8. The number of amides is 1. The van der Waals surface area contributed by atoms with E-state index in [9.17, 15) is 14.9 Å². The standard InChI is InChI=1S/C19H22N4O3/c1-15(16-6-2-4-8-18(16)23(25)26)20-17-7-3-5-9-19(17)22-12-10-21(14-24)11-13-22/h2-9,14-15,20H,10-13H2,1H3. The summed E-state index contributed by atoms with van der Waals surface area (Å²) in [6.45, 7) is 4.83. The van der Waals surface area contributed by atoms with Crippen LogP contribution in [0.1, 0.15) is 18.5 Å². The Morgan fingerprint density at radius 1 is 1.08 bits per heavy atom. The minimum absolute atomic E-state index is 0.115. The normalized spacial score (nSPS) is 15.4. The van der Waals surface area contributed by atoms with Crippen LogP contribution in [0, 0.1) is 10.1 Å². The lowest BCUT2D eigenvalue weighted by molar-refractivity contribution is -0.385. The first-order valence-electron chi connectivity index (χ1n) is 8.63. The molecular formula is C19H22N4O3. The molecule has 1 unspecified atom stereocenters. The molecule has 0 radical (unpaired) electrons. The largest absolute Gasteiger partial charge is 0.377 e. The number of nitrogens with one attached hydrogen (secondary N) is 1. The van der Waals surface area contributed by atoms with Gasteiger partial charge in [0.1, 0.15) is 0 Å². The highest BCUT2D eigenvalue weighted by atomic mass is 16.6. The van der Waals surface area contributed by atoms with Gasteiger partial charge in [-0.1, -0.05) is 30.3 Å². The van der Waals surface area contributed by atoms with Crippen LogP contribution in [0.15, 0.2) is 48.5 Å². The molecule has 1 heterocycles. The molecule has 7 heteroatoms. The van der Waals surface area contributed by atoms with Crippen LogP contribution in [-0.4, -0.2) is 42.4 Å². The van der Waals surface area contributed by atoms with Crippen LogP contribution >= 0.6 is 0 Å². The van der Waals surface area contributed by atoms with Crippen molar-refractivity contribution >= 4 is 23.5 Å². The van der Waals surface area contributed by atoms with Crippen molar-refractivity contribution in [3.05, 3.63) is 64.2 Å². The molecule has 0 aromatic heterocycles. The fraction of sp³-hybridized carbons (Fsp3) is 0.316. The predicted molar refractivity (Wildman–Crippen MR) is 101 cm³/mol. The van der Waals surface area contributed by atoms with E-state index >= 15 is 0 Å². The molecule has 1 aliphatic rings. The second-order valence-electron chi connectivity index (χ2n) is 6.33. The van der Waals surface area contributed by atoms with Gasteiger partial charge in [0.25, 0.3) is 5.69 Å². The molecule has 1 amide bonds. The van der Waals surface area contributed by atoms with Crippen molar-refractivity contribution in [2.24, 2.45) is 0 Å². The van der Waals surface area contributed by atoms with Gasteiger partial charge in [0.05, 0.1) is 27.9 Å². The van der Waals surface area contributed by atoms with E-state index in [1.54, 1.807) is 17.0 Å². The summed E-state index contributed by atoms with van der Waals surface area (Å²) in [6, 6.07) is 14.5. The minimum atomic E-state index is -0.349. The van der Waals surface area contributed by atoms with E-state index in [1.807, 2.05) is 37.3 Å². The number of benzene rings is 2. The van der Waals surface area contributed by atoms with Gasteiger partial charge in [0, 0.05) is 32.2 Å². The van der Waals surface area contributed by atoms with Crippen LogP contribution in [0.5, 0.6) is 0 Å². The van der Waals surface area contributed by atoms with Crippen LogP contribution in [0.2, 0.25) is 0 Å². The number of nitro benzene ring substituents is 1.